The van der Waals surface area contributed by atoms with Gasteiger partial charge in [-0.3, -0.25) is 9.67 Å². The van der Waals surface area contributed by atoms with Crippen LogP contribution in [0.25, 0.3) is 11.0 Å². The molecule has 3 aromatic rings. The summed E-state index contributed by atoms with van der Waals surface area (Å²) in [5.74, 6) is 0. The highest BCUT2D eigenvalue weighted by atomic mass is 79.9. The molecule has 20 heavy (non-hydrogen) atoms. The van der Waals surface area contributed by atoms with Crippen LogP contribution >= 0.6 is 39.1 Å². The Balaban J connectivity index is 2.14. The van der Waals surface area contributed by atoms with Gasteiger partial charge in [0.05, 0.1) is 17.8 Å². The van der Waals surface area contributed by atoms with Gasteiger partial charge in [-0.15, -0.1) is 0 Å². The Bertz CT molecular complexity index is 778. The minimum atomic E-state index is 0.515. The van der Waals surface area contributed by atoms with Crippen LogP contribution in [0, 0.1) is 6.92 Å². The summed E-state index contributed by atoms with van der Waals surface area (Å²) >= 11 is 15.9. The Morgan fingerprint density at radius 3 is 2.65 bits per heavy atom. The van der Waals surface area contributed by atoms with E-state index in [1.807, 2.05) is 35.9 Å². The lowest BCUT2D eigenvalue weighted by Gasteiger charge is -2.08. The fraction of sp³-hybridized carbons (Fsp3) is 0.143. The summed E-state index contributed by atoms with van der Waals surface area (Å²) in [6, 6.07) is 7.48. The lowest BCUT2D eigenvalue weighted by atomic mass is 10.2. The molecule has 0 radical (unpaired) electrons. The predicted octanol–water partition coefficient (Wildman–Crippen LogP) is 4.86. The smallest absolute Gasteiger partial charge is 0.111 e. The first-order chi connectivity index (χ1) is 9.56. The van der Waals surface area contributed by atoms with Crippen LogP contribution in [0.5, 0.6) is 0 Å². The Labute approximate surface area is 134 Å². The molecular weight excluding hydrogens is 361 g/mol. The van der Waals surface area contributed by atoms with E-state index in [2.05, 4.69) is 26.0 Å². The Morgan fingerprint density at radius 1 is 1.25 bits per heavy atom. The largest absolute Gasteiger partial charge is 0.258 e. The fourth-order valence-electron chi connectivity index (χ4n) is 2.14. The molecule has 2 heterocycles. The molecule has 0 bridgehead atoms. The molecule has 0 spiro atoms. The number of benzene rings is 1. The third kappa shape index (κ3) is 2.43. The molecule has 0 aliphatic heterocycles. The van der Waals surface area contributed by atoms with Crippen molar-refractivity contribution in [2.45, 2.75) is 13.5 Å². The van der Waals surface area contributed by atoms with Gasteiger partial charge in [0.15, 0.2) is 0 Å². The van der Waals surface area contributed by atoms with E-state index in [0.717, 1.165) is 26.8 Å². The molecule has 0 N–H and O–H groups in total. The van der Waals surface area contributed by atoms with Gasteiger partial charge in [-0.1, -0.05) is 29.3 Å². The Kier molecular flexibility index (Phi) is 3.71. The quantitative estimate of drug-likeness (QED) is 0.645. The first-order valence-electron chi connectivity index (χ1n) is 5.98. The van der Waals surface area contributed by atoms with Crippen molar-refractivity contribution in [3.63, 3.8) is 0 Å². The standard InChI is InChI=1S/C14H10BrCl2N3/c1-8-14-13(5-9(15)6-18-14)20(19-8)7-10-11(16)3-2-4-12(10)17/h2-6H,7H2,1H3. The van der Waals surface area contributed by atoms with E-state index >= 15 is 0 Å². The molecule has 0 saturated carbocycles. The van der Waals surface area contributed by atoms with Gasteiger partial charge in [0.25, 0.3) is 0 Å². The molecule has 102 valence electrons. The number of halogens is 3. The topological polar surface area (TPSA) is 30.7 Å². The average Bonchev–Trinajstić information content (AvgIpc) is 2.70. The third-order valence-electron chi connectivity index (χ3n) is 3.10. The zero-order chi connectivity index (χ0) is 14.3. The lowest BCUT2D eigenvalue weighted by molar-refractivity contribution is 0.703. The van der Waals surface area contributed by atoms with E-state index in [1.165, 1.54) is 0 Å². The number of aromatic nitrogens is 3. The maximum Gasteiger partial charge on any atom is 0.111 e. The van der Waals surface area contributed by atoms with E-state index in [1.54, 1.807) is 6.20 Å². The minimum absolute atomic E-state index is 0.515. The zero-order valence-electron chi connectivity index (χ0n) is 10.6. The number of hydrogen-bond donors (Lipinski definition) is 0. The second-order valence-corrected chi connectivity index (χ2v) is 6.19. The molecule has 0 amide bonds. The van der Waals surface area contributed by atoms with Crippen molar-refractivity contribution in [1.29, 1.82) is 0 Å². The van der Waals surface area contributed by atoms with E-state index < -0.39 is 0 Å². The second kappa shape index (κ2) is 5.35. The maximum absolute atomic E-state index is 6.22. The van der Waals surface area contributed by atoms with Crippen LogP contribution in [0.2, 0.25) is 10.0 Å². The predicted molar refractivity (Wildman–Crippen MR) is 85.5 cm³/mol. The SMILES string of the molecule is Cc1nn(Cc2c(Cl)cccc2Cl)c2cc(Br)cnc12. The minimum Gasteiger partial charge on any atom is -0.258 e. The van der Waals surface area contributed by atoms with Gasteiger partial charge in [-0.2, -0.15) is 5.10 Å². The summed E-state index contributed by atoms with van der Waals surface area (Å²) in [6.45, 7) is 2.45. The van der Waals surface area contributed by atoms with Crippen molar-refractivity contribution >= 4 is 50.2 Å². The Morgan fingerprint density at radius 2 is 1.95 bits per heavy atom. The second-order valence-electron chi connectivity index (χ2n) is 4.46. The van der Waals surface area contributed by atoms with Gasteiger partial charge in [-0.05, 0) is 41.1 Å². The van der Waals surface area contributed by atoms with Crippen molar-refractivity contribution in [3.05, 3.63) is 56.2 Å². The summed E-state index contributed by atoms with van der Waals surface area (Å²) in [4.78, 5) is 4.39. The van der Waals surface area contributed by atoms with Gasteiger partial charge in [-0.25, -0.2) is 0 Å². The van der Waals surface area contributed by atoms with E-state index in [0.29, 0.717) is 16.6 Å². The molecule has 0 saturated heterocycles. The monoisotopic (exact) mass is 369 g/mol. The van der Waals surface area contributed by atoms with Gasteiger partial charge in [0.2, 0.25) is 0 Å². The molecular formula is C14H10BrCl2N3. The van der Waals surface area contributed by atoms with Crippen molar-refractivity contribution in [3.8, 4) is 0 Å². The summed E-state index contributed by atoms with van der Waals surface area (Å²) in [6.07, 6.45) is 1.77. The van der Waals surface area contributed by atoms with Crippen LogP contribution in [0.3, 0.4) is 0 Å². The van der Waals surface area contributed by atoms with Crippen LogP contribution in [0.15, 0.2) is 34.9 Å². The molecule has 0 unspecified atom stereocenters. The van der Waals surface area contributed by atoms with Gasteiger partial charge in [0.1, 0.15) is 5.52 Å². The molecule has 3 rings (SSSR count). The number of nitrogens with zero attached hydrogens (tertiary/aromatic N) is 3. The van der Waals surface area contributed by atoms with Crippen LogP contribution in [0.1, 0.15) is 11.3 Å². The van der Waals surface area contributed by atoms with Crippen molar-refractivity contribution in [2.75, 3.05) is 0 Å². The number of pyridine rings is 1. The summed E-state index contributed by atoms with van der Waals surface area (Å²) < 4.78 is 2.78. The number of rotatable bonds is 2. The first-order valence-corrected chi connectivity index (χ1v) is 7.52. The first kappa shape index (κ1) is 13.9. The van der Waals surface area contributed by atoms with Crippen LogP contribution < -0.4 is 0 Å². The molecule has 2 aromatic heterocycles. The van der Waals surface area contributed by atoms with Crippen molar-refractivity contribution in [2.24, 2.45) is 0 Å². The molecule has 0 fully saturated rings. The summed E-state index contributed by atoms with van der Waals surface area (Å²) in [5.41, 5.74) is 3.58. The van der Waals surface area contributed by atoms with Crippen LogP contribution in [-0.4, -0.2) is 14.8 Å². The number of aryl methyl sites for hydroxylation is 1. The molecule has 0 atom stereocenters. The van der Waals surface area contributed by atoms with Crippen LogP contribution in [0.4, 0.5) is 0 Å². The normalized spacial score (nSPS) is 11.2. The lowest BCUT2D eigenvalue weighted by Crippen LogP contribution is -2.03. The zero-order valence-corrected chi connectivity index (χ0v) is 13.7. The van der Waals surface area contributed by atoms with Gasteiger partial charge >= 0.3 is 0 Å². The van der Waals surface area contributed by atoms with E-state index in [4.69, 9.17) is 23.2 Å². The highest BCUT2D eigenvalue weighted by Gasteiger charge is 2.12. The molecule has 0 aliphatic carbocycles. The molecule has 3 nitrogen and oxygen atoms in total. The maximum atomic E-state index is 6.22. The van der Waals surface area contributed by atoms with Crippen molar-refractivity contribution in [1.82, 2.24) is 14.8 Å². The highest BCUT2D eigenvalue weighted by molar-refractivity contribution is 9.10. The third-order valence-corrected chi connectivity index (χ3v) is 4.24. The fourth-order valence-corrected chi connectivity index (χ4v) is 2.98. The van der Waals surface area contributed by atoms with Crippen LogP contribution in [-0.2, 0) is 6.54 Å². The van der Waals surface area contributed by atoms with Gasteiger partial charge in [0, 0.05) is 26.3 Å². The Hall–Kier alpha value is -1.10. The molecule has 6 heteroatoms. The average molecular weight is 371 g/mol. The molecule has 0 aliphatic rings. The number of fused-ring (bicyclic) bond motifs is 1. The number of hydrogen-bond acceptors (Lipinski definition) is 2. The summed E-state index contributed by atoms with van der Waals surface area (Å²) in [7, 11) is 0. The van der Waals surface area contributed by atoms with Gasteiger partial charge < -0.3 is 0 Å². The van der Waals surface area contributed by atoms with E-state index in [-0.39, 0.29) is 0 Å². The van der Waals surface area contributed by atoms with Crippen molar-refractivity contribution < 1.29 is 0 Å². The van der Waals surface area contributed by atoms with E-state index in [9.17, 15) is 0 Å². The summed E-state index contributed by atoms with van der Waals surface area (Å²) in [5, 5.41) is 5.81. The highest BCUT2D eigenvalue weighted by Crippen LogP contribution is 2.27. The molecule has 1 aromatic carbocycles.